The summed E-state index contributed by atoms with van der Waals surface area (Å²) in [4.78, 5) is 25.1. The Morgan fingerprint density at radius 1 is 1.48 bits per heavy atom. The van der Waals surface area contributed by atoms with Gasteiger partial charge in [-0.3, -0.25) is 9.69 Å². The molecule has 0 spiro atoms. The number of methoxy groups -OCH3 is 2. The predicted molar refractivity (Wildman–Crippen MR) is 73.4 cm³/mol. The number of benzene rings is 1. The lowest BCUT2D eigenvalue weighted by molar-refractivity contribution is -0.143. The molecular weight excluding hydrogens is 278 g/mol. The van der Waals surface area contributed by atoms with Crippen molar-refractivity contribution in [3.05, 3.63) is 17.7 Å². The van der Waals surface area contributed by atoms with Crippen LogP contribution in [-0.4, -0.2) is 43.9 Å². The largest absolute Gasteiger partial charge is 0.493 e. The van der Waals surface area contributed by atoms with Gasteiger partial charge >= 0.3 is 5.97 Å². The van der Waals surface area contributed by atoms with E-state index in [0.717, 1.165) is 0 Å². The van der Waals surface area contributed by atoms with Crippen molar-refractivity contribution in [2.24, 2.45) is 0 Å². The summed E-state index contributed by atoms with van der Waals surface area (Å²) in [6.07, 6.45) is 0. The molecule has 0 saturated heterocycles. The maximum Gasteiger partial charge on any atom is 0.328 e. The lowest BCUT2D eigenvalue weighted by Crippen LogP contribution is -2.48. The zero-order valence-corrected chi connectivity index (χ0v) is 12.1. The minimum atomic E-state index is -0.802. The number of carbonyl (C=O) groups is 2. The number of carbonyl (C=O) groups excluding carboxylic acids is 2. The summed E-state index contributed by atoms with van der Waals surface area (Å²) in [5.74, 6) is -0.140. The zero-order valence-electron chi connectivity index (χ0n) is 12.1. The van der Waals surface area contributed by atoms with Crippen molar-refractivity contribution in [1.29, 1.82) is 0 Å². The molecule has 1 amide bonds. The molecule has 0 bridgehead atoms. The maximum absolute atomic E-state index is 12.1. The van der Waals surface area contributed by atoms with E-state index in [4.69, 9.17) is 9.47 Å². The number of esters is 1. The molecule has 0 saturated carbocycles. The SMILES string of the molecule is COC(=O)C(C)N1C(=O)COc2c(OC)cc(CO)cc21. The van der Waals surface area contributed by atoms with Crippen LogP contribution in [0.25, 0.3) is 0 Å². The normalized spacial score (nSPS) is 15.0. The minimum Gasteiger partial charge on any atom is -0.493 e. The lowest BCUT2D eigenvalue weighted by atomic mass is 10.1. The fourth-order valence-corrected chi connectivity index (χ4v) is 2.25. The second-order valence-corrected chi connectivity index (χ2v) is 4.56. The van der Waals surface area contributed by atoms with Gasteiger partial charge in [-0.2, -0.15) is 0 Å². The van der Waals surface area contributed by atoms with E-state index >= 15 is 0 Å². The van der Waals surface area contributed by atoms with Crippen molar-refractivity contribution < 1.29 is 28.9 Å². The van der Waals surface area contributed by atoms with Gasteiger partial charge in [0.05, 0.1) is 26.5 Å². The highest BCUT2D eigenvalue weighted by molar-refractivity contribution is 6.03. The van der Waals surface area contributed by atoms with Gasteiger partial charge in [-0.15, -0.1) is 0 Å². The van der Waals surface area contributed by atoms with Crippen molar-refractivity contribution >= 4 is 17.6 Å². The molecule has 1 heterocycles. The molecule has 1 unspecified atom stereocenters. The molecule has 21 heavy (non-hydrogen) atoms. The van der Waals surface area contributed by atoms with Crippen LogP contribution >= 0.6 is 0 Å². The Hall–Kier alpha value is -2.28. The van der Waals surface area contributed by atoms with Crippen molar-refractivity contribution in [3.8, 4) is 11.5 Å². The second-order valence-electron chi connectivity index (χ2n) is 4.56. The highest BCUT2D eigenvalue weighted by Gasteiger charge is 2.35. The average Bonchev–Trinajstić information content (AvgIpc) is 2.51. The molecule has 114 valence electrons. The van der Waals surface area contributed by atoms with Crippen molar-refractivity contribution in [2.45, 2.75) is 19.6 Å². The van der Waals surface area contributed by atoms with E-state index in [1.165, 1.54) is 19.1 Å². The van der Waals surface area contributed by atoms with E-state index < -0.39 is 12.0 Å². The van der Waals surface area contributed by atoms with Crippen LogP contribution in [0.5, 0.6) is 11.5 Å². The van der Waals surface area contributed by atoms with Crippen LogP contribution < -0.4 is 14.4 Å². The van der Waals surface area contributed by atoms with E-state index in [1.54, 1.807) is 19.1 Å². The van der Waals surface area contributed by atoms with Crippen LogP contribution in [0.2, 0.25) is 0 Å². The molecule has 7 nitrogen and oxygen atoms in total. The third kappa shape index (κ3) is 2.64. The highest BCUT2D eigenvalue weighted by Crippen LogP contribution is 2.42. The molecule has 1 atom stereocenters. The average molecular weight is 295 g/mol. The van der Waals surface area contributed by atoms with Crippen LogP contribution in [0, 0.1) is 0 Å². The van der Waals surface area contributed by atoms with Gasteiger partial charge in [0, 0.05) is 0 Å². The van der Waals surface area contributed by atoms with Gasteiger partial charge in [0.25, 0.3) is 5.91 Å². The molecular formula is C14H17NO6. The summed E-state index contributed by atoms with van der Waals surface area (Å²) in [7, 11) is 2.72. The summed E-state index contributed by atoms with van der Waals surface area (Å²) in [5.41, 5.74) is 0.929. The summed E-state index contributed by atoms with van der Waals surface area (Å²) < 4.78 is 15.3. The van der Waals surface area contributed by atoms with Crippen molar-refractivity contribution in [1.82, 2.24) is 0 Å². The number of nitrogens with zero attached hydrogens (tertiary/aromatic N) is 1. The molecule has 1 aliphatic heterocycles. The number of hydrogen-bond donors (Lipinski definition) is 1. The third-order valence-corrected chi connectivity index (χ3v) is 3.30. The molecule has 7 heteroatoms. The van der Waals surface area contributed by atoms with Gasteiger partial charge in [-0.25, -0.2) is 4.79 Å². The fourth-order valence-electron chi connectivity index (χ4n) is 2.25. The first kappa shape index (κ1) is 15.1. The predicted octanol–water partition coefficient (Wildman–Crippen LogP) is 0.474. The Kier molecular flexibility index (Phi) is 4.32. The van der Waals surface area contributed by atoms with E-state index in [9.17, 15) is 14.7 Å². The minimum absolute atomic E-state index is 0.191. The molecule has 0 aromatic heterocycles. The molecule has 1 aromatic rings. The lowest BCUT2D eigenvalue weighted by Gasteiger charge is -2.33. The van der Waals surface area contributed by atoms with Crippen LogP contribution in [0.4, 0.5) is 5.69 Å². The van der Waals surface area contributed by atoms with E-state index in [2.05, 4.69) is 4.74 Å². The molecule has 2 rings (SSSR count). The first-order chi connectivity index (χ1) is 10.0. The molecule has 0 fully saturated rings. The first-order valence-electron chi connectivity index (χ1n) is 6.38. The Bertz CT molecular complexity index is 571. The van der Waals surface area contributed by atoms with Gasteiger partial charge < -0.3 is 19.3 Å². The Morgan fingerprint density at radius 2 is 2.19 bits per heavy atom. The van der Waals surface area contributed by atoms with Crippen LogP contribution in [0.1, 0.15) is 12.5 Å². The number of hydrogen-bond acceptors (Lipinski definition) is 6. The third-order valence-electron chi connectivity index (χ3n) is 3.30. The standard InChI is InChI=1S/C14H17NO6/c1-8(14(18)20-3)15-10-4-9(6-16)5-11(19-2)13(10)21-7-12(15)17/h4-5,8,16H,6-7H2,1-3H3. The van der Waals surface area contributed by atoms with E-state index in [1.807, 2.05) is 0 Å². The summed E-state index contributed by atoms with van der Waals surface area (Å²) >= 11 is 0. The van der Waals surface area contributed by atoms with E-state index in [-0.39, 0.29) is 19.1 Å². The smallest absolute Gasteiger partial charge is 0.328 e. The van der Waals surface area contributed by atoms with Gasteiger partial charge in [0.1, 0.15) is 6.04 Å². The van der Waals surface area contributed by atoms with Gasteiger partial charge in [0.2, 0.25) is 0 Å². The highest BCUT2D eigenvalue weighted by atomic mass is 16.5. The fraction of sp³-hybridized carbons (Fsp3) is 0.429. The number of aliphatic hydroxyl groups is 1. The Labute approximate surface area is 122 Å². The summed E-state index contributed by atoms with van der Waals surface area (Å²) in [6.45, 7) is 1.15. The molecule has 1 aromatic carbocycles. The number of amides is 1. The summed E-state index contributed by atoms with van der Waals surface area (Å²) in [5, 5.41) is 9.31. The number of rotatable bonds is 4. The number of ether oxygens (including phenoxy) is 3. The van der Waals surface area contributed by atoms with Crippen molar-refractivity contribution in [2.75, 3.05) is 25.7 Å². The zero-order chi connectivity index (χ0) is 15.6. The molecule has 0 radical (unpaired) electrons. The van der Waals surface area contributed by atoms with Crippen LogP contribution in [0.15, 0.2) is 12.1 Å². The monoisotopic (exact) mass is 295 g/mol. The second kappa shape index (κ2) is 6.01. The first-order valence-corrected chi connectivity index (χ1v) is 6.38. The quantitative estimate of drug-likeness (QED) is 0.813. The number of fused-ring (bicyclic) bond motifs is 1. The van der Waals surface area contributed by atoms with Crippen LogP contribution in [-0.2, 0) is 20.9 Å². The Morgan fingerprint density at radius 3 is 2.76 bits per heavy atom. The van der Waals surface area contributed by atoms with Gasteiger partial charge in [-0.05, 0) is 24.6 Å². The Balaban J connectivity index is 2.55. The van der Waals surface area contributed by atoms with Gasteiger partial charge in [0.15, 0.2) is 18.1 Å². The number of aliphatic hydroxyl groups excluding tert-OH is 1. The maximum atomic E-state index is 12.1. The molecule has 0 aliphatic carbocycles. The van der Waals surface area contributed by atoms with Gasteiger partial charge in [-0.1, -0.05) is 0 Å². The van der Waals surface area contributed by atoms with E-state index in [0.29, 0.717) is 22.7 Å². The summed E-state index contributed by atoms with van der Waals surface area (Å²) in [6, 6.07) is 2.41. The number of anilines is 1. The van der Waals surface area contributed by atoms with Crippen molar-refractivity contribution in [3.63, 3.8) is 0 Å². The molecule has 1 aliphatic rings. The van der Waals surface area contributed by atoms with Crippen LogP contribution in [0.3, 0.4) is 0 Å². The topological polar surface area (TPSA) is 85.3 Å². The molecule has 1 N–H and O–H groups in total.